The van der Waals surface area contributed by atoms with Gasteiger partial charge in [0.05, 0.1) is 0 Å². The van der Waals surface area contributed by atoms with Crippen molar-refractivity contribution in [3.63, 3.8) is 0 Å². The molecule has 1 saturated carbocycles. The van der Waals surface area contributed by atoms with E-state index in [0.29, 0.717) is 6.04 Å². The minimum atomic E-state index is 0.531. The Morgan fingerprint density at radius 2 is 1.70 bits per heavy atom. The fraction of sp³-hybridized carbons (Fsp3) is 0.667. The third kappa shape index (κ3) is 3.76. The van der Waals surface area contributed by atoms with Crippen molar-refractivity contribution in [1.29, 1.82) is 0 Å². The molecule has 0 amide bonds. The Morgan fingerprint density at radius 1 is 1.10 bits per heavy atom. The Hall–Kier alpha value is -1.02. The third-order valence-electron chi connectivity index (χ3n) is 4.72. The summed E-state index contributed by atoms with van der Waals surface area (Å²) in [6, 6.07) is 9.63. The van der Waals surface area contributed by atoms with Crippen molar-refractivity contribution in [2.45, 2.75) is 45.6 Å². The van der Waals surface area contributed by atoms with Gasteiger partial charge in [-0.2, -0.15) is 0 Å². The highest BCUT2D eigenvalue weighted by molar-refractivity contribution is 5.46. The second-order valence-electron chi connectivity index (χ2n) is 6.54. The molecule has 0 aromatic heterocycles. The standard InChI is InChI=1S/C18H30N2/c1-5-19-18(15-8-6-14(2)7-9-15)16-10-12-17(13-11-16)20(3)4/h10-15,18-19H,5-9H2,1-4H3. The number of hydrogen-bond donors (Lipinski definition) is 1. The van der Waals surface area contributed by atoms with Gasteiger partial charge in [-0.3, -0.25) is 0 Å². The molecule has 20 heavy (non-hydrogen) atoms. The number of rotatable bonds is 5. The highest BCUT2D eigenvalue weighted by Crippen LogP contribution is 2.37. The van der Waals surface area contributed by atoms with E-state index in [0.717, 1.165) is 18.4 Å². The van der Waals surface area contributed by atoms with E-state index in [2.05, 4.69) is 62.4 Å². The minimum absolute atomic E-state index is 0.531. The van der Waals surface area contributed by atoms with Crippen LogP contribution in [0.2, 0.25) is 0 Å². The molecule has 0 bridgehead atoms. The van der Waals surface area contributed by atoms with Crippen LogP contribution in [0, 0.1) is 11.8 Å². The van der Waals surface area contributed by atoms with Crippen molar-refractivity contribution in [2.75, 3.05) is 25.5 Å². The number of nitrogens with zero attached hydrogens (tertiary/aromatic N) is 1. The number of hydrogen-bond acceptors (Lipinski definition) is 2. The first kappa shape index (κ1) is 15.4. The highest BCUT2D eigenvalue weighted by atomic mass is 15.1. The lowest BCUT2D eigenvalue weighted by Gasteiger charge is -2.33. The molecule has 1 unspecified atom stereocenters. The molecule has 2 rings (SSSR count). The molecular weight excluding hydrogens is 244 g/mol. The van der Waals surface area contributed by atoms with Crippen LogP contribution in [0.15, 0.2) is 24.3 Å². The van der Waals surface area contributed by atoms with Gasteiger partial charge in [0.1, 0.15) is 0 Å². The van der Waals surface area contributed by atoms with Gasteiger partial charge in [0.2, 0.25) is 0 Å². The quantitative estimate of drug-likeness (QED) is 0.864. The summed E-state index contributed by atoms with van der Waals surface area (Å²) in [5, 5.41) is 3.72. The summed E-state index contributed by atoms with van der Waals surface area (Å²) in [5.74, 6) is 1.72. The zero-order chi connectivity index (χ0) is 14.5. The summed E-state index contributed by atoms with van der Waals surface area (Å²) in [6.45, 7) is 5.66. The van der Waals surface area contributed by atoms with Gasteiger partial charge in [0.25, 0.3) is 0 Å². The van der Waals surface area contributed by atoms with Crippen LogP contribution in [0.1, 0.15) is 51.1 Å². The normalized spacial score (nSPS) is 24.4. The summed E-state index contributed by atoms with van der Waals surface area (Å²) in [4.78, 5) is 2.16. The van der Waals surface area contributed by atoms with E-state index in [1.807, 2.05) is 0 Å². The lowest BCUT2D eigenvalue weighted by Crippen LogP contribution is -2.30. The van der Waals surface area contributed by atoms with E-state index in [4.69, 9.17) is 0 Å². The average Bonchev–Trinajstić information content (AvgIpc) is 2.46. The molecule has 1 fully saturated rings. The number of benzene rings is 1. The largest absolute Gasteiger partial charge is 0.378 e. The second-order valence-corrected chi connectivity index (χ2v) is 6.54. The number of anilines is 1. The summed E-state index contributed by atoms with van der Waals surface area (Å²) in [6.07, 6.45) is 5.52. The van der Waals surface area contributed by atoms with Gasteiger partial charge < -0.3 is 10.2 Å². The Labute approximate surface area is 124 Å². The first-order chi connectivity index (χ1) is 9.61. The molecule has 1 aromatic rings. The van der Waals surface area contributed by atoms with Gasteiger partial charge in [-0.1, -0.05) is 38.8 Å². The van der Waals surface area contributed by atoms with Crippen molar-refractivity contribution in [3.8, 4) is 0 Å². The molecule has 0 spiro atoms. The van der Waals surface area contributed by atoms with Crippen LogP contribution in [0.4, 0.5) is 5.69 Å². The van der Waals surface area contributed by atoms with E-state index in [1.54, 1.807) is 0 Å². The van der Waals surface area contributed by atoms with Gasteiger partial charge in [-0.05, 0) is 48.9 Å². The topological polar surface area (TPSA) is 15.3 Å². The van der Waals surface area contributed by atoms with E-state index in [9.17, 15) is 0 Å². The molecule has 112 valence electrons. The van der Waals surface area contributed by atoms with Crippen molar-refractivity contribution in [3.05, 3.63) is 29.8 Å². The zero-order valence-electron chi connectivity index (χ0n) is 13.5. The molecule has 2 heteroatoms. The van der Waals surface area contributed by atoms with Crippen LogP contribution in [-0.2, 0) is 0 Å². The Kier molecular flexibility index (Phi) is 5.47. The molecule has 1 atom stereocenters. The maximum atomic E-state index is 3.72. The fourth-order valence-corrected chi connectivity index (χ4v) is 3.38. The maximum Gasteiger partial charge on any atom is 0.0361 e. The smallest absolute Gasteiger partial charge is 0.0361 e. The van der Waals surface area contributed by atoms with Crippen LogP contribution in [0.3, 0.4) is 0 Å². The average molecular weight is 274 g/mol. The van der Waals surface area contributed by atoms with E-state index in [-0.39, 0.29) is 0 Å². The van der Waals surface area contributed by atoms with Crippen molar-refractivity contribution in [1.82, 2.24) is 5.32 Å². The molecule has 0 saturated heterocycles. The summed E-state index contributed by atoms with van der Waals surface area (Å²) in [5.41, 5.74) is 2.73. The first-order valence-corrected chi connectivity index (χ1v) is 8.12. The lowest BCUT2D eigenvalue weighted by molar-refractivity contribution is 0.233. The predicted molar refractivity (Wildman–Crippen MR) is 88.3 cm³/mol. The van der Waals surface area contributed by atoms with E-state index < -0.39 is 0 Å². The summed E-state index contributed by atoms with van der Waals surface area (Å²) in [7, 11) is 4.19. The first-order valence-electron chi connectivity index (χ1n) is 8.12. The van der Waals surface area contributed by atoms with Crippen LogP contribution in [0.5, 0.6) is 0 Å². The zero-order valence-corrected chi connectivity index (χ0v) is 13.5. The Bertz CT molecular complexity index is 388. The molecule has 0 aliphatic heterocycles. The predicted octanol–water partition coefficient (Wildman–Crippen LogP) is 4.23. The molecule has 1 aliphatic rings. The molecule has 0 radical (unpaired) electrons. The van der Waals surface area contributed by atoms with Crippen LogP contribution >= 0.6 is 0 Å². The Balaban J connectivity index is 2.11. The maximum absolute atomic E-state index is 3.72. The summed E-state index contributed by atoms with van der Waals surface area (Å²) < 4.78 is 0. The molecule has 1 aromatic carbocycles. The molecular formula is C18H30N2. The van der Waals surface area contributed by atoms with Gasteiger partial charge >= 0.3 is 0 Å². The van der Waals surface area contributed by atoms with Crippen LogP contribution in [0.25, 0.3) is 0 Å². The van der Waals surface area contributed by atoms with Crippen molar-refractivity contribution >= 4 is 5.69 Å². The van der Waals surface area contributed by atoms with Gasteiger partial charge in [0.15, 0.2) is 0 Å². The number of nitrogens with one attached hydrogen (secondary N) is 1. The van der Waals surface area contributed by atoms with Gasteiger partial charge in [0, 0.05) is 25.8 Å². The van der Waals surface area contributed by atoms with Crippen LogP contribution < -0.4 is 10.2 Å². The molecule has 0 heterocycles. The molecule has 1 N–H and O–H groups in total. The van der Waals surface area contributed by atoms with E-state index >= 15 is 0 Å². The van der Waals surface area contributed by atoms with Crippen molar-refractivity contribution < 1.29 is 0 Å². The third-order valence-corrected chi connectivity index (χ3v) is 4.72. The van der Waals surface area contributed by atoms with E-state index in [1.165, 1.54) is 36.9 Å². The lowest BCUT2D eigenvalue weighted by atomic mass is 9.77. The summed E-state index contributed by atoms with van der Waals surface area (Å²) >= 11 is 0. The van der Waals surface area contributed by atoms with Crippen molar-refractivity contribution in [2.24, 2.45) is 11.8 Å². The SMILES string of the molecule is CCNC(c1ccc(N(C)C)cc1)C1CCC(C)CC1. The fourth-order valence-electron chi connectivity index (χ4n) is 3.38. The van der Waals surface area contributed by atoms with Gasteiger partial charge in [-0.25, -0.2) is 0 Å². The Morgan fingerprint density at radius 3 is 2.20 bits per heavy atom. The highest BCUT2D eigenvalue weighted by Gasteiger charge is 2.26. The molecule has 1 aliphatic carbocycles. The second kappa shape index (κ2) is 7.12. The minimum Gasteiger partial charge on any atom is -0.378 e. The monoisotopic (exact) mass is 274 g/mol. The molecule has 2 nitrogen and oxygen atoms in total. The van der Waals surface area contributed by atoms with Gasteiger partial charge in [-0.15, -0.1) is 0 Å². The van der Waals surface area contributed by atoms with Crippen LogP contribution in [-0.4, -0.2) is 20.6 Å².